The second kappa shape index (κ2) is 59.8. The van der Waals surface area contributed by atoms with Crippen molar-refractivity contribution in [1.82, 2.24) is 0 Å². The molecule has 0 fully saturated rings. The fourth-order valence-corrected chi connectivity index (χ4v) is 7.42. The first-order valence-electron chi connectivity index (χ1n) is 29.3. The molecule has 0 saturated heterocycles. The summed E-state index contributed by atoms with van der Waals surface area (Å²) in [5.41, 5.74) is 0. The van der Waals surface area contributed by atoms with Gasteiger partial charge >= 0.3 is 17.9 Å². The average Bonchev–Trinajstić information content (AvgIpc) is 3.39. The Balaban J connectivity index is 4.60. The predicted octanol–water partition coefficient (Wildman–Crippen LogP) is 20.0. The molecule has 0 heterocycles. The largest absolute Gasteiger partial charge is 0.462 e. The zero-order valence-corrected chi connectivity index (χ0v) is 46.8. The molecule has 6 heteroatoms. The third kappa shape index (κ3) is 58.1. The summed E-state index contributed by atoms with van der Waals surface area (Å²) < 4.78 is 16.8. The smallest absolute Gasteiger partial charge is 0.306 e. The Labute approximate surface area is 448 Å². The number of hydrogen-bond donors (Lipinski definition) is 0. The molecule has 0 aromatic heterocycles. The van der Waals surface area contributed by atoms with Gasteiger partial charge < -0.3 is 14.2 Å². The van der Waals surface area contributed by atoms with Gasteiger partial charge in [0.05, 0.1) is 0 Å². The quantitative estimate of drug-likeness (QED) is 0.0261. The van der Waals surface area contributed by atoms with Gasteiger partial charge in [-0.25, -0.2) is 0 Å². The van der Waals surface area contributed by atoms with Gasteiger partial charge in [0.15, 0.2) is 6.10 Å². The van der Waals surface area contributed by atoms with Crippen molar-refractivity contribution in [2.75, 3.05) is 13.2 Å². The highest BCUT2D eigenvalue weighted by atomic mass is 16.6. The fraction of sp³-hybridized carbons (Fsp3) is 0.597. The second-order valence-corrected chi connectivity index (χ2v) is 18.8. The van der Waals surface area contributed by atoms with E-state index in [1.165, 1.54) is 70.6 Å². The SMILES string of the molecule is CC/C=C\C/C=C\C/C=C\C/C=C\C/C=C\CCCCCC(=O)OC[C@H](COC(=O)CC/C=C\C/C=C\C/C=C\C/C=C\C/C=C\CCCCC)OC(=O)CCCCCCCCC/C=C\C/C=C\CCCCC. The highest BCUT2D eigenvalue weighted by molar-refractivity contribution is 5.71. The maximum absolute atomic E-state index is 12.9. The van der Waals surface area contributed by atoms with Crippen LogP contribution in [0.2, 0.25) is 0 Å². The van der Waals surface area contributed by atoms with Crippen molar-refractivity contribution in [1.29, 1.82) is 0 Å². The third-order valence-corrected chi connectivity index (χ3v) is 11.8. The van der Waals surface area contributed by atoms with Gasteiger partial charge in [-0.3, -0.25) is 14.4 Å². The van der Waals surface area contributed by atoms with E-state index in [2.05, 4.69) is 161 Å². The summed E-state index contributed by atoms with van der Waals surface area (Å²) in [6.07, 6.45) is 85.6. The standard InChI is InChI=1S/C67H106O6/c1-4-7-10-13-16-19-22-25-28-31-33-36-38-41-44-47-50-53-56-59-65(68)71-62-64(73-67(70)61-58-55-52-49-46-43-40-35-30-27-24-21-18-15-12-9-6-3)63-72-66(69)60-57-54-51-48-45-42-39-37-34-32-29-26-23-20-17-14-11-8-5-2/h7,10,16-21,25-30,33-34,36-37,41-42,44-45,51,54,64H,4-6,8-9,11-15,22-24,31-32,35,38-40,43,46-50,52-53,55-63H2,1-3H3/b10-7-,19-16-,20-17-,21-18-,28-25-,29-26-,30-27-,36-33-,37-34-,44-41-,45-42-,54-51-/t64-/m1/s1. The van der Waals surface area contributed by atoms with E-state index in [0.29, 0.717) is 19.3 Å². The average molecular weight is 1010 g/mol. The van der Waals surface area contributed by atoms with E-state index in [1.807, 2.05) is 6.08 Å². The van der Waals surface area contributed by atoms with E-state index in [4.69, 9.17) is 14.2 Å². The minimum atomic E-state index is -0.834. The number of carbonyl (C=O) groups excluding carboxylic acids is 3. The molecule has 0 saturated carbocycles. The Morgan fingerprint density at radius 3 is 0.932 bits per heavy atom. The van der Waals surface area contributed by atoms with Gasteiger partial charge in [0.1, 0.15) is 13.2 Å². The molecule has 0 rings (SSSR count). The van der Waals surface area contributed by atoms with Gasteiger partial charge in [0.2, 0.25) is 0 Å². The van der Waals surface area contributed by atoms with Crippen molar-refractivity contribution < 1.29 is 28.6 Å². The molecule has 73 heavy (non-hydrogen) atoms. The Kier molecular flexibility index (Phi) is 56.0. The van der Waals surface area contributed by atoms with E-state index >= 15 is 0 Å². The molecular formula is C67H106O6. The predicted molar refractivity (Wildman–Crippen MR) is 315 cm³/mol. The summed E-state index contributed by atoms with van der Waals surface area (Å²) in [4.78, 5) is 38.2. The summed E-state index contributed by atoms with van der Waals surface area (Å²) in [7, 11) is 0. The lowest BCUT2D eigenvalue weighted by Gasteiger charge is -2.18. The van der Waals surface area contributed by atoms with Crippen molar-refractivity contribution in [2.24, 2.45) is 0 Å². The van der Waals surface area contributed by atoms with Gasteiger partial charge in [-0.05, 0) is 135 Å². The zero-order valence-electron chi connectivity index (χ0n) is 46.8. The molecule has 410 valence electrons. The minimum absolute atomic E-state index is 0.127. The Morgan fingerprint density at radius 2 is 0.562 bits per heavy atom. The van der Waals surface area contributed by atoms with E-state index in [-0.39, 0.29) is 37.5 Å². The van der Waals surface area contributed by atoms with Crippen LogP contribution in [0.5, 0.6) is 0 Å². The normalized spacial score (nSPS) is 13.2. The number of allylic oxidation sites excluding steroid dienone is 24. The summed E-state index contributed by atoms with van der Waals surface area (Å²) in [6, 6.07) is 0. The first-order chi connectivity index (χ1) is 36.0. The van der Waals surface area contributed by atoms with Crippen LogP contribution in [0.4, 0.5) is 0 Å². The second-order valence-electron chi connectivity index (χ2n) is 18.8. The lowest BCUT2D eigenvalue weighted by molar-refractivity contribution is -0.166. The number of unbranched alkanes of at least 4 members (excludes halogenated alkanes) is 16. The maximum Gasteiger partial charge on any atom is 0.306 e. The van der Waals surface area contributed by atoms with Gasteiger partial charge in [-0.1, -0.05) is 231 Å². The monoisotopic (exact) mass is 1010 g/mol. The highest BCUT2D eigenvalue weighted by Gasteiger charge is 2.19. The van der Waals surface area contributed by atoms with E-state index in [9.17, 15) is 14.4 Å². The number of ether oxygens (including phenoxy) is 3. The topological polar surface area (TPSA) is 78.9 Å². The molecule has 0 radical (unpaired) electrons. The van der Waals surface area contributed by atoms with Crippen molar-refractivity contribution >= 4 is 17.9 Å². The van der Waals surface area contributed by atoms with Crippen LogP contribution in [-0.4, -0.2) is 37.2 Å². The molecule has 0 aliphatic carbocycles. The van der Waals surface area contributed by atoms with Crippen molar-refractivity contribution in [3.05, 3.63) is 146 Å². The lowest BCUT2D eigenvalue weighted by Crippen LogP contribution is -2.30. The first-order valence-corrected chi connectivity index (χ1v) is 29.3. The van der Waals surface area contributed by atoms with E-state index < -0.39 is 6.10 Å². The first kappa shape index (κ1) is 68.3. The molecule has 1 atom stereocenters. The van der Waals surface area contributed by atoms with Crippen LogP contribution in [0, 0.1) is 0 Å². The van der Waals surface area contributed by atoms with Crippen LogP contribution in [0.1, 0.15) is 239 Å². The number of hydrogen-bond acceptors (Lipinski definition) is 6. The molecule has 0 spiro atoms. The maximum atomic E-state index is 12.9. The molecular weight excluding hydrogens is 901 g/mol. The van der Waals surface area contributed by atoms with Crippen LogP contribution in [-0.2, 0) is 28.6 Å². The zero-order chi connectivity index (χ0) is 52.9. The third-order valence-electron chi connectivity index (χ3n) is 11.8. The number of esters is 3. The van der Waals surface area contributed by atoms with Crippen LogP contribution in [0.25, 0.3) is 0 Å². The molecule has 0 aliphatic heterocycles. The number of carbonyl (C=O) groups is 3. The molecule has 6 nitrogen and oxygen atoms in total. The molecule has 0 bridgehead atoms. The van der Waals surface area contributed by atoms with Gasteiger partial charge in [0, 0.05) is 19.3 Å². The molecule has 0 unspecified atom stereocenters. The lowest BCUT2D eigenvalue weighted by atomic mass is 10.1. The summed E-state index contributed by atoms with van der Waals surface area (Å²) >= 11 is 0. The number of rotatable bonds is 51. The van der Waals surface area contributed by atoms with Crippen molar-refractivity contribution in [3.63, 3.8) is 0 Å². The van der Waals surface area contributed by atoms with Crippen LogP contribution in [0.3, 0.4) is 0 Å². The van der Waals surface area contributed by atoms with Crippen LogP contribution < -0.4 is 0 Å². The van der Waals surface area contributed by atoms with E-state index in [1.54, 1.807) is 0 Å². The highest BCUT2D eigenvalue weighted by Crippen LogP contribution is 2.13. The molecule has 0 aliphatic rings. The molecule has 0 aromatic carbocycles. The summed E-state index contributed by atoms with van der Waals surface area (Å²) in [6.45, 7) is 6.36. The minimum Gasteiger partial charge on any atom is -0.462 e. The van der Waals surface area contributed by atoms with Gasteiger partial charge in [-0.15, -0.1) is 0 Å². The van der Waals surface area contributed by atoms with Crippen molar-refractivity contribution in [3.8, 4) is 0 Å². The molecule has 0 aromatic rings. The fourth-order valence-electron chi connectivity index (χ4n) is 7.42. The Hall–Kier alpha value is -4.71. The summed E-state index contributed by atoms with van der Waals surface area (Å²) in [5.74, 6) is -1.05. The molecule has 0 amide bonds. The Bertz CT molecular complexity index is 1630. The molecule has 0 N–H and O–H groups in total. The van der Waals surface area contributed by atoms with Crippen LogP contribution >= 0.6 is 0 Å². The van der Waals surface area contributed by atoms with Crippen molar-refractivity contribution in [2.45, 2.75) is 245 Å². The van der Waals surface area contributed by atoms with Crippen LogP contribution in [0.15, 0.2) is 146 Å². The van der Waals surface area contributed by atoms with Gasteiger partial charge in [-0.2, -0.15) is 0 Å². The summed E-state index contributed by atoms with van der Waals surface area (Å²) in [5, 5.41) is 0. The van der Waals surface area contributed by atoms with Gasteiger partial charge in [0.25, 0.3) is 0 Å². The van der Waals surface area contributed by atoms with E-state index in [0.717, 1.165) is 122 Å². The Morgan fingerprint density at radius 1 is 0.288 bits per heavy atom.